The number of hydrogen-bond donors (Lipinski definition) is 4. The summed E-state index contributed by atoms with van der Waals surface area (Å²) in [5, 5.41) is 23.1. The molecule has 16 heteroatoms. The third kappa shape index (κ3) is 7.28. The van der Waals surface area contributed by atoms with Crippen LogP contribution in [0.4, 0.5) is 0 Å². The molecule has 1 aliphatic heterocycles. The highest BCUT2D eigenvalue weighted by Crippen LogP contribution is 2.41. The second-order valence-electron chi connectivity index (χ2n) is 11.6. The lowest BCUT2D eigenvalue weighted by Crippen LogP contribution is -2.35. The Morgan fingerprint density at radius 2 is 1.86 bits per heavy atom. The van der Waals surface area contributed by atoms with Crippen LogP contribution in [0.5, 0.6) is 11.9 Å². The number of rotatable bonds is 14. The molecule has 1 amide bonds. The van der Waals surface area contributed by atoms with E-state index in [0.717, 1.165) is 12.0 Å². The fourth-order valence-electron chi connectivity index (χ4n) is 5.86. The van der Waals surface area contributed by atoms with Crippen molar-refractivity contribution in [2.75, 3.05) is 33.9 Å². The largest absolute Gasteiger partial charge is 0.481 e. The minimum atomic E-state index is -1.00. The van der Waals surface area contributed by atoms with Crippen molar-refractivity contribution in [2.45, 2.75) is 32.0 Å². The Morgan fingerprint density at radius 3 is 2.60 bits per heavy atom. The van der Waals surface area contributed by atoms with Crippen LogP contribution in [0.25, 0.3) is 39.2 Å². The average Bonchev–Trinajstić information content (AvgIpc) is 3.73. The molecule has 14 nitrogen and oxygen atoms in total. The molecule has 6 rings (SSSR count). The maximum absolute atomic E-state index is 13.4. The molecule has 1 aliphatic rings. The molecular formula is C34H34Cl2N8O6. The lowest BCUT2D eigenvalue weighted by Gasteiger charge is -2.15. The van der Waals surface area contributed by atoms with Crippen LogP contribution in [-0.4, -0.2) is 81.0 Å². The summed E-state index contributed by atoms with van der Waals surface area (Å²) in [5.74, 6) is -0.469. The van der Waals surface area contributed by atoms with Crippen molar-refractivity contribution in [2.24, 2.45) is 0 Å². The zero-order chi connectivity index (χ0) is 35.4. The van der Waals surface area contributed by atoms with Gasteiger partial charge in [-0.25, -0.2) is 9.50 Å². The summed E-state index contributed by atoms with van der Waals surface area (Å²) in [6.07, 6.45) is 4.61. The summed E-state index contributed by atoms with van der Waals surface area (Å²) in [6, 6.07) is 13.0. The smallest absolute Gasteiger partial charge is 0.317 e. The van der Waals surface area contributed by atoms with Gasteiger partial charge in [0.05, 0.1) is 42.2 Å². The van der Waals surface area contributed by atoms with Gasteiger partial charge >= 0.3 is 12.0 Å². The highest BCUT2D eigenvalue weighted by molar-refractivity contribution is 6.39. The number of aliphatic carboxylic acids is 1. The predicted octanol–water partition coefficient (Wildman–Crippen LogP) is 3.65. The molecule has 1 atom stereocenters. The van der Waals surface area contributed by atoms with Crippen molar-refractivity contribution < 1.29 is 24.2 Å². The summed E-state index contributed by atoms with van der Waals surface area (Å²) < 4.78 is 13.7. The highest BCUT2D eigenvalue weighted by atomic mass is 35.5. The Kier molecular flexibility index (Phi) is 10.6. The molecule has 4 N–H and O–H groups in total. The van der Waals surface area contributed by atoms with E-state index in [1.54, 1.807) is 31.6 Å². The summed E-state index contributed by atoms with van der Waals surface area (Å²) in [6.45, 7) is 1.28. The minimum Gasteiger partial charge on any atom is -0.481 e. The first kappa shape index (κ1) is 34.8. The second kappa shape index (κ2) is 15.3. The number of halogens is 2. The second-order valence-corrected chi connectivity index (χ2v) is 12.3. The molecule has 5 aromatic rings. The lowest BCUT2D eigenvalue weighted by molar-refractivity contribution is -0.136. The van der Waals surface area contributed by atoms with E-state index in [9.17, 15) is 14.4 Å². The predicted molar refractivity (Wildman–Crippen MR) is 188 cm³/mol. The highest BCUT2D eigenvalue weighted by Gasteiger charge is 2.22. The van der Waals surface area contributed by atoms with Gasteiger partial charge in [0.1, 0.15) is 5.52 Å². The number of carboxylic acids is 1. The topological polar surface area (TPSA) is 174 Å². The van der Waals surface area contributed by atoms with E-state index >= 15 is 0 Å². The van der Waals surface area contributed by atoms with E-state index in [4.69, 9.17) is 42.8 Å². The van der Waals surface area contributed by atoms with Gasteiger partial charge in [0, 0.05) is 78.9 Å². The third-order valence-electron chi connectivity index (χ3n) is 8.31. The van der Waals surface area contributed by atoms with E-state index < -0.39 is 5.97 Å². The van der Waals surface area contributed by atoms with E-state index in [0.29, 0.717) is 69.1 Å². The molecule has 4 aromatic heterocycles. The van der Waals surface area contributed by atoms with Crippen LogP contribution in [0.1, 0.15) is 18.4 Å². The molecule has 0 radical (unpaired) electrons. The number of nitrogens with one attached hydrogen (secondary N) is 3. The quantitative estimate of drug-likeness (QED) is 0.123. The Labute approximate surface area is 296 Å². The molecule has 0 saturated carbocycles. The molecule has 1 saturated heterocycles. The average molecular weight is 722 g/mol. The van der Waals surface area contributed by atoms with E-state index in [1.165, 1.54) is 16.2 Å². The van der Waals surface area contributed by atoms with E-state index in [2.05, 4.69) is 26.0 Å². The Hall–Kier alpha value is -5.02. The van der Waals surface area contributed by atoms with Crippen LogP contribution in [0.3, 0.4) is 0 Å². The number of ether oxygens (including phenoxy) is 2. The third-order valence-corrected chi connectivity index (χ3v) is 9.10. The van der Waals surface area contributed by atoms with Crippen LogP contribution in [-0.2, 0) is 22.7 Å². The zero-order valence-corrected chi connectivity index (χ0v) is 28.7. The van der Waals surface area contributed by atoms with Gasteiger partial charge in [-0.1, -0.05) is 47.5 Å². The van der Waals surface area contributed by atoms with E-state index in [1.807, 2.05) is 30.3 Å². The van der Waals surface area contributed by atoms with Gasteiger partial charge in [-0.3, -0.25) is 23.9 Å². The summed E-state index contributed by atoms with van der Waals surface area (Å²) in [7, 11) is 2.96. The molecule has 1 fully saturated rings. The van der Waals surface area contributed by atoms with Gasteiger partial charge in [-0.15, -0.1) is 5.10 Å². The van der Waals surface area contributed by atoms with Crippen molar-refractivity contribution in [3.8, 4) is 45.5 Å². The first-order valence-corrected chi connectivity index (χ1v) is 16.5. The number of carbonyl (C=O) groups excluding carboxylic acids is 1. The number of benzene rings is 1. The summed E-state index contributed by atoms with van der Waals surface area (Å²) in [5.41, 5.74) is 4.26. The van der Waals surface area contributed by atoms with Gasteiger partial charge in [-0.05, 0) is 24.6 Å². The summed E-state index contributed by atoms with van der Waals surface area (Å²) in [4.78, 5) is 45.0. The molecular weight excluding hydrogens is 687 g/mol. The fraction of sp³-hybridized carbons (Fsp3) is 0.294. The lowest BCUT2D eigenvalue weighted by atomic mass is 10.00. The number of carboxylic acid groups (broad SMARTS) is 1. The zero-order valence-electron chi connectivity index (χ0n) is 27.2. The van der Waals surface area contributed by atoms with Gasteiger partial charge < -0.3 is 30.5 Å². The number of methoxy groups -OCH3 is 2. The van der Waals surface area contributed by atoms with Crippen LogP contribution in [0.15, 0.2) is 59.7 Å². The monoisotopic (exact) mass is 720 g/mol. The molecule has 50 heavy (non-hydrogen) atoms. The minimum absolute atomic E-state index is 0.0618. The molecule has 0 unspecified atom stereocenters. The molecule has 1 aromatic carbocycles. The molecule has 0 spiro atoms. The van der Waals surface area contributed by atoms with Crippen molar-refractivity contribution in [3.05, 3.63) is 80.8 Å². The number of nitrogens with zero attached hydrogens (tertiary/aromatic N) is 5. The number of hydrogen-bond acceptors (Lipinski definition) is 10. The number of pyridine rings is 2. The number of fused-ring (bicyclic) bond motifs is 1. The van der Waals surface area contributed by atoms with Crippen LogP contribution >= 0.6 is 23.2 Å². The van der Waals surface area contributed by atoms with E-state index in [-0.39, 0.29) is 48.7 Å². The van der Waals surface area contributed by atoms with Crippen LogP contribution in [0.2, 0.25) is 10.0 Å². The summed E-state index contributed by atoms with van der Waals surface area (Å²) >= 11 is 14.0. The van der Waals surface area contributed by atoms with Gasteiger partial charge in [0.15, 0.2) is 0 Å². The molecule has 260 valence electrons. The normalized spacial score (nSPS) is 14.2. The number of carbonyl (C=O) groups is 2. The number of amides is 1. The van der Waals surface area contributed by atoms with Gasteiger partial charge in [-0.2, -0.15) is 0 Å². The maximum Gasteiger partial charge on any atom is 0.317 e. The fourth-order valence-corrected chi connectivity index (χ4v) is 6.51. The SMILES string of the molecule is COc1nc(-c2cccc(-c3ccnc(-c4cc5c(=O)n(CCNCC(=O)O)c(OC)nn5c4)c3Cl)c2Cl)ccc1CNC[C@H]1CCC(=O)N1. The molecule has 0 bridgehead atoms. The first-order valence-electron chi connectivity index (χ1n) is 15.8. The maximum atomic E-state index is 13.4. The first-order chi connectivity index (χ1) is 24.2. The van der Waals surface area contributed by atoms with Crippen LogP contribution in [0, 0.1) is 0 Å². The Morgan fingerprint density at radius 1 is 1.06 bits per heavy atom. The molecule has 0 aliphatic carbocycles. The van der Waals surface area contributed by atoms with Gasteiger partial charge in [0.25, 0.3) is 5.56 Å². The molecule has 5 heterocycles. The van der Waals surface area contributed by atoms with Gasteiger partial charge in [0.2, 0.25) is 11.8 Å². The van der Waals surface area contributed by atoms with Crippen molar-refractivity contribution >= 4 is 40.6 Å². The van der Waals surface area contributed by atoms with Crippen molar-refractivity contribution in [1.82, 2.24) is 40.1 Å². The van der Waals surface area contributed by atoms with Crippen molar-refractivity contribution in [3.63, 3.8) is 0 Å². The Balaban J connectivity index is 1.27. The number of aromatic nitrogens is 5. The van der Waals surface area contributed by atoms with Crippen molar-refractivity contribution in [1.29, 1.82) is 0 Å². The Bertz CT molecular complexity index is 2140. The standard InChI is InChI=1S/C34H34Cl2N8O6/c1-49-32-19(15-38-16-21-7-9-27(45)40-21)6-8-25(41-32)24-5-3-4-22(29(24)35)23-10-11-39-31(30(23)36)20-14-26-33(48)43(13-12-37-17-28(46)47)34(50-2)42-44(26)18-20/h3-6,8,10-11,14,18,21,37-38H,7,9,12-13,15-17H2,1-2H3,(H,40,45)(H,46,47)/t21-/m1/s1. The van der Waals surface area contributed by atoms with Crippen LogP contribution < -0.4 is 31.0 Å².